The lowest BCUT2D eigenvalue weighted by Crippen LogP contribution is -1.97. The molecule has 0 aliphatic carbocycles. The number of hydrogen-bond acceptors (Lipinski definition) is 2. The van der Waals surface area contributed by atoms with Gasteiger partial charge in [0.15, 0.2) is 0 Å². The Bertz CT molecular complexity index is 632. The summed E-state index contributed by atoms with van der Waals surface area (Å²) in [6.07, 6.45) is 0. The molecule has 0 saturated carbocycles. The molecule has 2 rings (SSSR count). The summed E-state index contributed by atoms with van der Waals surface area (Å²) < 4.78 is 31.2. The zero-order valence-corrected chi connectivity index (χ0v) is 10.4. The van der Waals surface area contributed by atoms with Crippen LogP contribution in [0.4, 0.5) is 8.78 Å². The average Bonchev–Trinajstić information content (AvgIpc) is 2.36. The average molecular weight is 280 g/mol. The van der Waals surface area contributed by atoms with Gasteiger partial charge >= 0.3 is 0 Å². The van der Waals surface area contributed by atoms with Crippen molar-refractivity contribution in [2.45, 2.75) is 6.61 Å². The third-order valence-electron chi connectivity index (χ3n) is 2.41. The Morgan fingerprint density at radius 3 is 2.37 bits per heavy atom. The number of rotatable bonds is 3. The standard InChI is InChI=1S/C14H8ClF2NO/c15-14-3-9(7-18)1-2-10(14)8-19-13-5-11(16)4-12(17)6-13/h1-6H,8H2. The van der Waals surface area contributed by atoms with Gasteiger partial charge in [-0.15, -0.1) is 0 Å². The van der Waals surface area contributed by atoms with Crippen LogP contribution in [0.3, 0.4) is 0 Å². The number of nitriles is 1. The molecule has 5 heteroatoms. The Labute approximate surface area is 113 Å². The summed E-state index contributed by atoms with van der Waals surface area (Å²) in [5.74, 6) is -1.33. The van der Waals surface area contributed by atoms with Crippen molar-refractivity contribution in [3.05, 3.63) is 64.2 Å². The molecular weight excluding hydrogens is 272 g/mol. The summed E-state index contributed by atoms with van der Waals surface area (Å²) in [7, 11) is 0. The predicted octanol–water partition coefficient (Wildman–Crippen LogP) is 4.07. The van der Waals surface area contributed by atoms with Crippen LogP contribution >= 0.6 is 11.6 Å². The van der Waals surface area contributed by atoms with Gasteiger partial charge in [0.25, 0.3) is 0 Å². The van der Waals surface area contributed by atoms with Crippen molar-refractivity contribution in [3.8, 4) is 11.8 Å². The van der Waals surface area contributed by atoms with E-state index in [2.05, 4.69) is 0 Å². The molecule has 0 saturated heterocycles. The van der Waals surface area contributed by atoms with Crippen LogP contribution in [0.5, 0.6) is 5.75 Å². The van der Waals surface area contributed by atoms with Crippen LogP contribution in [0.2, 0.25) is 5.02 Å². The van der Waals surface area contributed by atoms with E-state index in [1.807, 2.05) is 6.07 Å². The fourth-order valence-electron chi connectivity index (χ4n) is 1.51. The summed E-state index contributed by atoms with van der Waals surface area (Å²) in [6, 6.07) is 9.63. The van der Waals surface area contributed by atoms with Gasteiger partial charge in [-0.3, -0.25) is 0 Å². The maximum absolute atomic E-state index is 12.9. The quantitative estimate of drug-likeness (QED) is 0.848. The van der Waals surface area contributed by atoms with Crippen LogP contribution in [-0.4, -0.2) is 0 Å². The van der Waals surface area contributed by atoms with E-state index in [0.717, 1.165) is 18.2 Å². The van der Waals surface area contributed by atoms with Crippen LogP contribution < -0.4 is 4.74 Å². The number of benzene rings is 2. The lowest BCUT2D eigenvalue weighted by molar-refractivity contribution is 0.303. The highest BCUT2D eigenvalue weighted by atomic mass is 35.5. The summed E-state index contributed by atoms with van der Waals surface area (Å²) in [5, 5.41) is 9.07. The minimum Gasteiger partial charge on any atom is -0.489 e. The van der Waals surface area contributed by atoms with Gasteiger partial charge in [-0.05, 0) is 12.1 Å². The smallest absolute Gasteiger partial charge is 0.129 e. The summed E-state index contributed by atoms with van der Waals surface area (Å²) in [4.78, 5) is 0. The first-order valence-corrected chi connectivity index (χ1v) is 5.73. The van der Waals surface area contributed by atoms with Crippen molar-refractivity contribution in [1.82, 2.24) is 0 Å². The predicted molar refractivity (Wildman–Crippen MR) is 66.9 cm³/mol. The molecule has 0 unspecified atom stereocenters. The van der Waals surface area contributed by atoms with E-state index in [4.69, 9.17) is 21.6 Å². The maximum Gasteiger partial charge on any atom is 0.129 e. The molecule has 2 aromatic carbocycles. The van der Waals surface area contributed by atoms with E-state index in [9.17, 15) is 8.78 Å². The number of nitrogens with zero attached hydrogens (tertiary/aromatic N) is 1. The van der Waals surface area contributed by atoms with Crippen LogP contribution in [0.15, 0.2) is 36.4 Å². The third kappa shape index (κ3) is 3.43. The van der Waals surface area contributed by atoms with Crippen molar-refractivity contribution in [2.24, 2.45) is 0 Å². The highest BCUT2D eigenvalue weighted by molar-refractivity contribution is 6.31. The van der Waals surface area contributed by atoms with Crippen LogP contribution in [0.1, 0.15) is 11.1 Å². The molecule has 0 bridgehead atoms. The van der Waals surface area contributed by atoms with E-state index in [0.29, 0.717) is 16.1 Å². The van der Waals surface area contributed by atoms with Crippen molar-refractivity contribution < 1.29 is 13.5 Å². The van der Waals surface area contributed by atoms with Crippen molar-refractivity contribution in [1.29, 1.82) is 5.26 Å². The summed E-state index contributed by atoms with van der Waals surface area (Å²) >= 11 is 5.96. The molecule has 0 radical (unpaired) electrons. The van der Waals surface area contributed by atoms with Gasteiger partial charge in [-0.2, -0.15) is 5.26 Å². The molecule has 0 heterocycles. The Morgan fingerprint density at radius 1 is 1.11 bits per heavy atom. The molecular formula is C14H8ClF2NO. The molecule has 0 fully saturated rings. The lowest BCUT2D eigenvalue weighted by atomic mass is 10.1. The molecule has 0 aromatic heterocycles. The zero-order chi connectivity index (χ0) is 13.8. The first kappa shape index (κ1) is 13.3. The molecule has 0 N–H and O–H groups in total. The van der Waals surface area contributed by atoms with Gasteiger partial charge in [-0.1, -0.05) is 17.7 Å². The molecule has 0 aliphatic rings. The minimum atomic E-state index is -0.707. The topological polar surface area (TPSA) is 33.0 Å². The van der Waals surface area contributed by atoms with Crippen molar-refractivity contribution in [3.63, 3.8) is 0 Å². The Hall–Kier alpha value is -2.12. The molecule has 2 aromatic rings. The van der Waals surface area contributed by atoms with Gasteiger partial charge in [0.05, 0.1) is 11.6 Å². The van der Waals surface area contributed by atoms with Crippen LogP contribution in [0.25, 0.3) is 0 Å². The van der Waals surface area contributed by atoms with E-state index in [1.165, 1.54) is 6.07 Å². The van der Waals surface area contributed by atoms with Gasteiger partial charge in [0, 0.05) is 28.8 Å². The second-order valence-electron chi connectivity index (χ2n) is 3.81. The third-order valence-corrected chi connectivity index (χ3v) is 2.76. The molecule has 0 spiro atoms. The highest BCUT2D eigenvalue weighted by Crippen LogP contribution is 2.21. The van der Waals surface area contributed by atoms with E-state index in [1.54, 1.807) is 12.1 Å². The molecule has 96 valence electrons. The second kappa shape index (κ2) is 5.68. The summed E-state index contributed by atoms with van der Waals surface area (Å²) in [6.45, 7) is 0.0629. The van der Waals surface area contributed by atoms with E-state index >= 15 is 0 Å². The normalized spacial score (nSPS) is 10.0. The molecule has 0 aliphatic heterocycles. The molecule has 2 nitrogen and oxygen atoms in total. The Kier molecular flexibility index (Phi) is 3.98. The van der Waals surface area contributed by atoms with Crippen molar-refractivity contribution in [2.75, 3.05) is 0 Å². The first-order chi connectivity index (χ1) is 9.08. The lowest BCUT2D eigenvalue weighted by Gasteiger charge is -2.08. The Balaban J connectivity index is 2.12. The Morgan fingerprint density at radius 2 is 1.79 bits per heavy atom. The van der Waals surface area contributed by atoms with E-state index in [-0.39, 0.29) is 12.4 Å². The SMILES string of the molecule is N#Cc1ccc(COc2cc(F)cc(F)c2)c(Cl)c1. The van der Waals surface area contributed by atoms with Crippen LogP contribution in [-0.2, 0) is 6.61 Å². The van der Waals surface area contributed by atoms with Crippen molar-refractivity contribution >= 4 is 11.6 Å². The highest BCUT2D eigenvalue weighted by Gasteiger charge is 2.05. The fourth-order valence-corrected chi connectivity index (χ4v) is 1.74. The first-order valence-electron chi connectivity index (χ1n) is 5.36. The minimum absolute atomic E-state index is 0.0629. The van der Waals surface area contributed by atoms with E-state index < -0.39 is 11.6 Å². The number of hydrogen-bond donors (Lipinski definition) is 0. The summed E-state index contributed by atoms with van der Waals surface area (Å²) in [5.41, 5.74) is 1.07. The van der Waals surface area contributed by atoms with Gasteiger partial charge in [0.1, 0.15) is 24.0 Å². The molecule has 0 atom stereocenters. The molecule has 19 heavy (non-hydrogen) atoms. The monoisotopic (exact) mass is 279 g/mol. The van der Waals surface area contributed by atoms with Gasteiger partial charge < -0.3 is 4.74 Å². The number of halogens is 3. The molecule has 0 amide bonds. The maximum atomic E-state index is 12.9. The van der Waals surface area contributed by atoms with Gasteiger partial charge in [0.2, 0.25) is 0 Å². The van der Waals surface area contributed by atoms with Crippen LogP contribution in [0, 0.1) is 23.0 Å². The number of ether oxygens (including phenoxy) is 1. The second-order valence-corrected chi connectivity index (χ2v) is 4.22. The zero-order valence-electron chi connectivity index (χ0n) is 9.66. The largest absolute Gasteiger partial charge is 0.489 e. The van der Waals surface area contributed by atoms with Gasteiger partial charge in [-0.25, -0.2) is 8.78 Å². The fraction of sp³-hybridized carbons (Fsp3) is 0.0714.